The maximum atomic E-state index is 5.20. The van der Waals surface area contributed by atoms with Gasteiger partial charge in [-0.15, -0.1) is 0 Å². The molecule has 0 unspecified atom stereocenters. The molecule has 0 bridgehead atoms. The van der Waals surface area contributed by atoms with Gasteiger partial charge in [-0.1, -0.05) is 164 Å². The molecule has 10 aromatic carbocycles. The molecule has 0 aliphatic carbocycles. The zero-order valence-electron chi connectivity index (χ0n) is 31.9. The number of fused-ring (bicyclic) bond motifs is 7. The van der Waals surface area contributed by atoms with Gasteiger partial charge < -0.3 is 4.57 Å². The Balaban J connectivity index is 1.19. The van der Waals surface area contributed by atoms with Crippen molar-refractivity contribution in [1.82, 2.24) is 19.5 Å². The van der Waals surface area contributed by atoms with Crippen molar-refractivity contribution in [1.29, 1.82) is 0 Å². The summed E-state index contributed by atoms with van der Waals surface area (Å²) in [4.78, 5) is 15.4. The molecule has 0 spiro atoms. The Bertz CT molecular complexity index is 3450. The molecule has 0 aliphatic rings. The summed E-state index contributed by atoms with van der Waals surface area (Å²) in [6.45, 7) is 0. The average molecular weight is 751 g/mol. The standard InChI is InChI=1S/C55H34N4/c1-3-15-36(16-4-1)53-56-54(37-17-5-2-6-18-37)58-55(57-53)46-28-29-50(47-32-42(26-27-45(46)47)44-25-13-23-35-14-11-12-24-43(35)44)59-51-33-40-21-9-7-19-38(40)30-48(51)49-31-39-20-8-10-22-41(39)34-52(49)59/h1-34H. The molecular formula is C55H34N4. The van der Waals surface area contributed by atoms with Crippen LogP contribution in [0.1, 0.15) is 0 Å². The van der Waals surface area contributed by atoms with E-state index in [0.717, 1.165) is 49.7 Å². The number of nitrogens with zero attached hydrogens (tertiary/aromatic N) is 4. The van der Waals surface area contributed by atoms with E-state index in [2.05, 4.69) is 174 Å². The minimum Gasteiger partial charge on any atom is -0.309 e. The van der Waals surface area contributed by atoms with Gasteiger partial charge in [0.15, 0.2) is 17.5 Å². The van der Waals surface area contributed by atoms with E-state index in [1.807, 2.05) is 36.4 Å². The number of hydrogen-bond acceptors (Lipinski definition) is 3. The van der Waals surface area contributed by atoms with Gasteiger partial charge in [0.2, 0.25) is 0 Å². The highest BCUT2D eigenvalue weighted by molar-refractivity contribution is 6.18. The lowest BCUT2D eigenvalue weighted by atomic mass is 9.94. The molecule has 0 atom stereocenters. The van der Waals surface area contributed by atoms with Crippen LogP contribution in [0.15, 0.2) is 206 Å². The first-order valence-corrected chi connectivity index (χ1v) is 20.0. The zero-order chi connectivity index (χ0) is 38.9. The van der Waals surface area contributed by atoms with Crippen molar-refractivity contribution in [3.8, 4) is 51.0 Å². The molecule has 4 heteroatoms. The van der Waals surface area contributed by atoms with Crippen molar-refractivity contribution in [2.75, 3.05) is 0 Å². The molecule has 0 radical (unpaired) electrons. The van der Waals surface area contributed by atoms with E-state index in [-0.39, 0.29) is 0 Å². The summed E-state index contributed by atoms with van der Waals surface area (Å²) >= 11 is 0. The van der Waals surface area contributed by atoms with E-state index >= 15 is 0 Å². The van der Waals surface area contributed by atoms with Crippen molar-refractivity contribution in [2.45, 2.75) is 0 Å². The first-order chi connectivity index (χ1) is 29.2. The Kier molecular flexibility index (Phi) is 7.50. The molecule has 0 aliphatic heterocycles. The number of aromatic nitrogens is 4. The molecule has 0 saturated carbocycles. The smallest absolute Gasteiger partial charge is 0.164 e. The minimum atomic E-state index is 0.631. The van der Waals surface area contributed by atoms with Gasteiger partial charge in [-0.25, -0.2) is 15.0 Å². The Morgan fingerprint density at radius 2 is 0.780 bits per heavy atom. The van der Waals surface area contributed by atoms with Crippen LogP contribution in [0.4, 0.5) is 0 Å². The van der Waals surface area contributed by atoms with Gasteiger partial charge in [0.1, 0.15) is 0 Å². The third-order valence-electron chi connectivity index (χ3n) is 11.8. The van der Waals surface area contributed by atoms with Crippen LogP contribution >= 0.6 is 0 Å². The van der Waals surface area contributed by atoms with E-state index < -0.39 is 0 Å². The lowest BCUT2D eigenvalue weighted by molar-refractivity contribution is 1.08. The van der Waals surface area contributed by atoms with Gasteiger partial charge in [-0.2, -0.15) is 0 Å². The second-order valence-corrected chi connectivity index (χ2v) is 15.2. The fourth-order valence-corrected chi connectivity index (χ4v) is 8.94. The lowest BCUT2D eigenvalue weighted by Crippen LogP contribution is -2.02. The molecular weight excluding hydrogens is 717 g/mol. The molecule has 2 heterocycles. The van der Waals surface area contributed by atoms with Crippen molar-refractivity contribution in [2.24, 2.45) is 0 Å². The zero-order valence-corrected chi connectivity index (χ0v) is 31.9. The van der Waals surface area contributed by atoms with Crippen LogP contribution in [0.5, 0.6) is 0 Å². The summed E-state index contributed by atoms with van der Waals surface area (Å²) in [5.74, 6) is 1.91. The van der Waals surface area contributed by atoms with Gasteiger partial charge >= 0.3 is 0 Å². The number of hydrogen-bond donors (Lipinski definition) is 0. The molecule has 0 amide bonds. The number of benzene rings is 10. The highest BCUT2D eigenvalue weighted by Gasteiger charge is 2.21. The highest BCUT2D eigenvalue weighted by atomic mass is 15.0. The molecule has 59 heavy (non-hydrogen) atoms. The summed E-state index contributed by atoms with van der Waals surface area (Å²) in [7, 11) is 0. The third kappa shape index (κ3) is 5.49. The van der Waals surface area contributed by atoms with Crippen molar-refractivity contribution in [3.63, 3.8) is 0 Å². The van der Waals surface area contributed by atoms with Crippen molar-refractivity contribution < 1.29 is 0 Å². The first-order valence-electron chi connectivity index (χ1n) is 20.0. The number of rotatable bonds is 5. The maximum Gasteiger partial charge on any atom is 0.164 e. The molecule has 4 nitrogen and oxygen atoms in total. The van der Waals surface area contributed by atoms with E-state index in [0.29, 0.717) is 17.5 Å². The molecule has 0 saturated heterocycles. The molecule has 0 fully saturated rings. The van der Waals surface area contributed by atoms with Crippen LogP contribution in [0.25, 0.3) is 116 Å². The monoisotopic (exact) mass is 750 g/mol. The summed E-state index contributed by atoms with van der Waals surface area (Å²) in [6, 6.07) is 73.7. The van der Waals surface area contributed by atoms with Gasteiger partial charge in [-0.05, 0) is 91.3 Å². The van der Waals surface area contributed by atoms with Gasteiger partial charge in [0.25, 0.3) is 0 Å². The van der Waals surface area contributed by atoms with E-state index in [9.17, 15) is 0 Å². The highest BCUT2D eigenvalue weighted by Crippen LogP contribution is 2.42. The van der Waals surface area contributed by atoms with Crippen LogP contribution in [0.2, 0.25) is 0 Å². The lowest BCUT2D eigenvalue weighted by Gasteiger charge is -2.17. The minimum absolute atomic E-state index is 0.631. The van der Waals surface area contributed by atoms with E-state index in [1.54, 1.807) is 0 Å². The summed E-state index contributed by atoms with van der Waals surface area (Å²) in [5.41, 5.74) is 8.59. The van der Waals surface area contributed by atoms with Gasteiger partial charge in [0, 0.05) is 32.8 Å². The second-order valence-electron chi connectivity index (χ2n) is 15.2. The van der Waals surface area contributed by atoms with Gasteiger partial charge in [0.05, 0.1) is 16.7 Å². The van der Waals surface area contributed by atoms with E-state index in [4.69, 9.17) is 15.0 Å². The van der Waals surface area contributed by atoms with E-state index in [1.165, 1.54) is 48.7 Å². The predicted octanol–water partition coefficient (Wildman–Crippen LogP) is 14.2. The molecule has 12 aromatic rings. The Morgan fingerprint density at radius 3 is 1.39 bits per heavy atom. The van der Waals surface area contributed by atoms with Crippen molar-refractivity contribution in [3.05, 3.63) is 206 Å². The molecule has 0 N–H and O–H groups in total. The fourth-order valence-electron chi connectivity index (χ4n) is 8.94. The quantitative estimate of drug-likeness (QED) is 0.176. The Morgan fingerprint density at radius 1 is 0.271 bits per heavy atom. The SMILES string of the molecule is c1ccc(-c2nc(-c3ccccc3)nc(-c3ccc(-n4c5cc6ccccc6cc5c5cc6ccccc6cc54)c4cc(-c5cccc6ccccc56)ccc34)n2)cc1. The van der Waals surface area contributed by atoms with Crippen LogP contribution in [0, 0.1) is 0 Å². The molecule has 274 valence electrons. The fraction of sp³-hybridized carbons (Fsp3) is 0. The van der Waals surface area contributed by atoms with Crippen LogP contribution in [-0.4, -0.2) is 19.5 Å². The Labute approximate surface area is 340 Å². The Hall–Kier alpha value is -7.95. The molecule has 12 rings (SSSR count). The van der Waals surface area contributed by atoms with Gasteiger partial charge in [-0.3, -0.25) is 0 Å². The normalized spacial score (nSPS) is 11.7. The first kappa shape index (κ1) is 33.2. The predicted molar refractivity (Wildman–Crippen MR) is 246 cm³/mol. The second kappa shape index (κ2) is 13.3. The summed E-state index contributed by atoms with van der Waals surface area (Å²) in [6.07, 6.45) is 0. The summed E-state index contributed by atoms with van der Waals surface area (Å²) < 4.78 is 2.47. The van der Waals surface area contributed by atoms with Crippen LogP contribution in [0.3, 0.4) is 0 Å². The largest absolute Gasteiger partial charge is 0.309 e. The van der Waals surface area contributed by atoms with Crippen LogP contribution in [-0.2, 0) is 0 Å². The molecule has 2 aromatic heterocycles. The topological polar surface area (TPSA) is 43.6 Å². The van der Waals surface area contributed by atoms with Crippen LogP contribution < -0.4 is 0 Å². The summed E-state index contributed by atoms with van der Waals surface area (Å²) in [5, 5.41) is 11.9. The third-order valence-corrected chi connectivity index (χ3v) is 11.8. The van der Waals surface area contributed by atoms with Crippen molar-refractivity contribution >= 4 is 64.9 Å². The maximum absolute atomic E-state index is 5.20. The average Bonchev–Trinajstić information content (AvgIpc) is 3.61.